The van der Waals surface area contributed by atoms with E-state index in [-0.39, 0.29) is 0 Å². The predicted octanol–water partition coefficient (Wildman–Crippen LogP) is 4.29. The van der Waals surface area contributed by atoms with Crippen molar-refractivity contribution in [2.75, 3.05) is 0 Å². The summed E-state index contributed by atoms with van der Waals surface area (Å²) in [6, 6.07) is 11.6. The normalized spacial score (nSPS) is 21.6. The third-order valence-corrected chi connectivity index (χ3v) is 12.6. The second-order valence-corrected chi connectivity index (χ2v) is 13.2. The molecule has 1 aliphatic rings. The molecule has 1 fully saturated rings. The molecule has 0 aliphatic heterocycles. The van der Waals surface area contributed by atoms with Gasteiger partial charge in [0.2, 0.25) is 0 Å². The third kappa shape index (κ3) is 3.86. The first-order valence-electron chi connectivity index (χ1n) is 7.97. The van der Waals surface area contributed by atoms with Gasteiger partial charge in [-0.2, -0.15) is 0 Å². The Morgan fingerprint density at radius 2 is 1.65 bits per heavy atom. The molecule has 0 heterocycles. The fraction of sp³-hybridized carbons (Fsp3) is 0.647. The van der Waals surface area contributed by atoms with E-state index in [0.29, 0.717) is 11.7 Å². The Kier molecular flexibility index (Phi) is 6.11. The molecule has 3 heteroatoms. The molecule has 1 aliphatic carbocycles. The first kappa shape index (κ1) is 16.5. The summed E-state index contributed by atoms with van der Waals surface area (Å²) in [5.41, 5.74) is -0.756. The zero-order chi connectivity index (χ0) is 14.6. The molecule has 0 aromatic heterocycles. The molecule has 112 valence electrons. The van der Waals surface area contributed by atoms with E-state index in [2.05, 4.69) is 71.3 Å². The van der Waals surface area contributed by atoms with Gasteiger partial charge in [0.15, 0.2) is 0 Å². The maximum atomic E-state index is 4.03. The van der Waals surface area contributed by atoms with Crippen LogP contribution in [0.25, 0.3) is 0 Å². The Morgan fingerprint density at radius 3 is 2.20 bits per heavy atom. The van der Waals surface area contributed by atoms with Crippen molar-refractivity contribution in [1.82, 2.24) is 5.09 Å². The van der Waals surface area contributed by atoms with Crippen LogP contribution in [0.2, 0.25) is 0 Å². The van der Waals surface area contributed by atoms with Crippen molar-refractivity contribution in [3.8, 4) is 0 Å². The van der Waals surface area contributed by atoms with Gasteiger partial charge in [-0.15, -0.1) is 0 Å². The van der Waals surface area contributed by atoms with Crippen molar-refractivity contribution in [3.05, 3.63) is 30.3 Å². The molecule has 1 unspecified atom stereocenters. The Morgan fingerprint density at radius 1 is 1.05 bits per heavy atom. The summed E-state index contributed by atoms with van der Waals surface area (Å²) in [7, 11) is 0. The minimum absolute atomic E-state index is 0.618. The number of nitrogens with one attached hydrogen (secondary N) is 1. The Hall–Kier alpha value is 0.129. The van der Waals surface area contributed by atoms with Crippen molar-refractivity contribution < 1.29 is 0 Å². The molecule has 1 nitrogen and oxygen atoms in total. The summed E-state index contributed by atoms with van der Waals surface area (Å²) in [6.07, 6.45) is 7.08. The second-order valence-electron chi connectivity index (χ2n) is 6.40. The van der Waals surface area contributed by atoms with Crippen LogP contribution in [0.1, 0.15) is 52.9 Å². The average Bonchev–Trinajstić information content (AvgIpc) is 2.48. The fourth-order valence-corrected chi connectivity index (χ4v) is 7.50. The molecule has 1 saturated carbocycles. The maximum absolute atomic E-state index is 4.03. The van der Waals surface area contributed by atoms with Crippen LogP contribution in [0.4, 0.5) is 0 Å². The molecule has 20 heavy (non-hydrogen) atoms. The van der Waals surface area contributed by atoms with E-state index in [1.807, 2.05) is 0 Å². The molecule has 0 spiro atoms. The fourth-order valence-electron chi connectivity index (χ4n) is 3.21. The van der Waals surface area contributed by atoms with Crippen LogP contribution in [-0.4, -0.2) is 26.8 Å². The monoisotopic (exact) mass is 357 g/mol. The molecule has 1 aromatic carbocycles. The average molecular weight is 356 g/mol. The van der Waals surface area contributed by atoms with E-state index in [1.54, 1.807) is 0 Å². The summed E-state index contributed by atoms with van der Waals surface area (Å²) < 4.78 is 0. The molecule has 0 radical (unpaired) electrons. The molecule has 0 amide bonds. The Labute approximate surface area is 132 Å². The predicted molar refractivity (Wildman–Crippen MR) is 93.1 cm³/mol. The van der Waals surface area contributed by atoms with Crippen LogP contribution in [0.3, 0.4) is 0 Å². The van der Waals surface area contributed by atoms with E-state index in [4.69, 9.17) is 0 Å². The van der Waals surface area contributed by atoms with E-state index < -0.39 is 5.66 Å². The first-order chi connectivity index (χ1) is 9.54. The summed E-state index contributed by atoms with van der Waals surface area (Å²) in [6.45, 7) is 7.09. The summed E-state index contributed by atoms with van der Waals surface area (Å²) in [4.78, 5) is 0. The van der Waals surface area contributed by atoms with Crippen LogP contribution in [-0.2, 0) is 0 Å². The SMILES string of the molecule is CC(C)P(=[Se])(N[C@@H](C)C1CCCCC1)c1ccccc1. The van der Waals surface area contributed by atoms with Gasteiger partial charge < -0.3 is 0 Å². The van der Waals surface area contributed by atoms with Gasteiger partial charge in [-0.3, -0.25) is 0 Å². The van der Waals surface area contributed by atoms with E-state index in [0.717, 1.165) is 5.92 Å². The molecule has 0 bridgehead atoms. The van der Waals surface area contributed by atoms with Crippen molar-refractivity contribution in [1.29, 1.82) is 0 Å². The zero-order valence-electron chi connectivity index (χ0n) is 13.0. The number of rotatable bonds is 5. The molecule has 2 rings (SSSR count). The van der Waals surface area contributed by atoms with E-state index >= 15 is 0 Å². The standard InChI is InChI=1S/C17H28NPSe/c1-14(2)19(20,17-12-8-5-9-13-17)18-15(3)16-10-6-4-7-11-16/h5,8-9,12-16H,4,6-7,10-11H2,1-3H3,(H,18,20)/t15-,19?/m0/s1. The minimum atomic E-state index is -1.39. The third-order valence-electron chi connectivity index (χ3n) is 4.62. The summed E-state index contributed by atoms with van der Waals surface area (Å²) in [5.74, 6) is 0.860. The Bertz CT molecular complexity index is 451. The molecular weight excluding hydrogens is 328 g/mol. The number of hydrogen-bond acceptors (Lipinski definition) is 1. The number of benzene rings is 1. The number of hydrogen-bond donors (Lipinski definition) is 1. The zero-order valence-corrected chi connectivity index (χ0v) is 15.6. The molecule has 1 N–H and O–H groups in total. The van der Waals surface area contributed by atoms with Gasteiger partial charge >= 0.3 is 132 Å². The quantitative estimate of drug-likeness (QED) is 0.613. The summed E-state index contributed by atoms with van der Waals surface area (Å²) >= 11 is 3.58. The van der Waals surface area contributed by atoms with Gasteiger partial charge in [0.25, 0.3) is 0 Å². The van der Waals surface area contributed by atoms with Gasteiger partial charge in [0.1, 0.15) is 0 Å². The molecule has 2 atom stereocenters. The van der Waals surface area contributed by atoms with Gasteiger partial charge in [-0.1, -0.05) is 0 Å². The topological polar surface area (TPSA) is 12.0 Å². The van der Waals surface area contributed by atoms with E-state index in [1.165, 1.54) is 37.4 Å². The summed E-state index contributed by atoms with van der Waals surface area (Å²) in [5, 5.41) is 5.50. The van der Waals surface area contributed by atoms with Crippen molar-refractivity contribution in [3.63, 3.8) is 0 Å². The second kappa shape index (κ2) is 7.41. The van der Waals surface area contributed by atoms with Crippen LogP contribution < -0.4 is 10.4 Å². The van der Waals surface area contributed by atoms with E-state index in [9.17, 15) is 0 Å². The van der Waals surface area contributed by atoms with Gasteiger partial charge in [0.05, 0.1) is 0 Å². The first-order valence-corrected chi connectivity index (χ1v) is 12.0. The Balaban J connectivity index is 2.15. The van der Waals surface area contributed by atoms with Gasteiger partial charge in [0, 0.05) is 0 Å². The van der Waals surface area contributed by atoms with Crippen LogP contribution >= 0.6 is 5.66 Å². The van der Waals surface area contributed by atoms with Crippen LogP contribution in [0.5, 0.6) is 0 Å². The molecule has 1 aromatic rings. The molecule has 0 saturated heterocycles. The van der Waals surface area contributed by atoms with Gasteiger partial charge in [-0.05, 0) is 0 Å². The molecular formula is C17H28NPSe. The van der Waals surface area contributed by atoms with Crippen LogP contribution in [0.15, 0.2) is 30.3 Å². The van der Waals surface area contributed by atoms with Gasteiger partial charge in [-0.25, -0.2) is 0 Å². The van der Waals surface area contributed by atoms with Crippen LogP contribution in [0, 0.1) is 5.92 Å². The van der Waals surface area contributed by atoms with Crippen molar-refractivity contribution in [2.45, 2.75) is 64.6 Å². The van der Waals surface area contributed by atoms with Crippen molar-refractivity contribution >= 4 is 26.1 Å². The van der Waals surface area contributed by atoms with Crippen molar-refractivity contribution in [2.24, 2.45) is 5.92 Å².